The van der Waals surface area contributed by atoms with E-state index in [1.54, 1.807) is 0 Å². The number of para-hydroxylation sites is 1. The molecule has 0 saturated carbocycles. The smallest absolute Gasteiger partial charge is 0.210 e. The Kier molecular flexibility index (Phi) is 3.53. The summed E-state index contributed by atoms with van der Waals surface area (Å²) < 4.78 is 2.85. The average molecular weight is 401 g/mol. The Labute approximate surface area is 158 Å². The number of halogens is 1. The van der Waals surface area contributed by atoms with Gasteiger partial charge in [-0.2, -0.15) is 9.50 Å². The maximum absolute atomic E-state index is 4.82. The van der Waals surface area contributed by atoms with Crippen LogP contribution in [0.5, 0.6) is 0 Å². The molecule has 0 radical (unpaired) electrons. The largest absolute Gasteiger partial charge is 0.253 e. The van der Waals surface area contributed by atoms with Crippen LogP contribution in [0.3, 0.4) is 0 Å². The maximum Gasteiger partial charge on any atom is 0.253 e. The van der Waals surface area contributed by atoms with Crippen molar-refractivity contribution in [3.8, 4) is 22.6 Å². The van der Waals surface area contributed by atoms with Gasteiger partial charge in [-0.05, 0) is 18.2 Å². The molecule has 3 aromatic carbocycles. The summed E-state index contributed by atoms with van der Waals surface area (Å²) >= 11 is 3.46. The van der Waals surface area contributed by atoms with Gasteiger partial charge in [-0.15, -0.1) is 5.10 Å². The van der Waals surface area contributed by atoms with Gasteiger partial charge < -0.3 is 0 Å². The summed E-state index contributed by atoms with van der Waals surface area (Å²) in [6, 6.07) is 26.3. The highest BCUT2D eigenvalue weighted by molar-refractivity contribution is 9.10. The molecule has 124 valence electrons. The van der Waals surface area contributed by atoms with Crippen LogP contribution in [0.15, 0.2) is 83.3 Å². The minimum atomic E-state index is 0.598. The van der Waals surface area contributed by atoms with E-state index in [0.29, 0.717) is 11.6 Å². The molecule has 0 aliphatic rings. The van der Waals surface area contributed by atoms with E-state index in [4.69, 9.17) is 10.1 Å². The van der Waals surface area contributed by atoms with E-state index in [1.807, 2.05) is 59.1 Å². The van der Waals surface area contributed by atoms with Gasteiger partial charge in [-0.25, -0.2) is 4.98 Å². The number of benzene rings is 3. The van der Waals surface area contributed by atoms with Gasteiger partial charge in [-0.1, -0.05) is 76.6 Å². The van der Waals surface area contributed by atoms with Gasteiger partial charge in [0.15, 0.2) is 5.82 Å². The van der Waals surface area contributed by atoms with Crippen molar-refractivity contribution >= 4 is 32.6 Å². The summed E-state index contributed by atoms with van der Waals surface area (Å²) in [4.78, 5) is 9.49. The predicted molar refractivity (Wildman–Crippen MR) is 107 cm³/mol. The fourth-order valence-electron chi connectivity index (χ4n) is 3.09. The van der Waals surface area contributed by atoms with Gasteiger partial charge in [0.05, 0.1) is 11.2 Å². The van der Waals surface area contributed by atoms with Crippen molar-refractivity contribution in [3.63, 3.8) is 0 Å². The Bertz CT molecular complexity index is 1230. The molecule has 0 aliphatic carbocycles. The van der Waals surface area contributed by atoms with Crippen LogP contribution in [0.1, 0.15) is 0 Å². The summed E-state index contributed by atoms with van der Waals surface area (Å²) in [5.41, 5.74) is 3.94. The number of aromatic nitrogens is 4. The second-order valence-corrected chi connectivity index (χ2v) is 6.91. The van der Waals surface area contributed by atoms with Crippen LogP contribution < -0.4 is 0 Å². The van der Waals surface area contributed by atoms with E-state index in [-0.39, 0.29) is 0 Å². The minimum absolute atomic E-state index is 0.598. The van der Waals surface area contributed by atoms with Crippen LogP contribution in [0.25, 0.3) is 39.3 Å². The first kappa shape index (κ1) is 15.2. The fourth-order valence-corrected chi connectivity index (χ4v) is 3.36. The molecule has 0 amide bonds. The van der Waals surface area contributed by atoms with Gasteiger partial charge in [0.1, 0.15) is 0 Å². The van der Waals surface area contributed by atoms with Crippen molar-refractivity contribution in [1.82, 2.24) is 19.6 Å². The Morgan fingerprint density at radius 3 is 2.23 bits per heavy atom. The zero-order valence-corrected chi connectivity index (χ0v) is 15.3. The van der Waals surface area contributed by atoms with E-state index < -0.39 is 0 Å². The van der Waals surface area contributed by atoms with Crippen LogP contribution in [0.2, 0.25) is 0 Å². The quantitative estimate of drug-likeness (QED) is 0.399. The molecule has 0 spiro atoms. The van der Waals surface area contributed by atoms with E-state index >= 15 is 0 Å². The summed E-state index contributed by atoms with van der Waals surface area (Å²) in [6.45, 7) is 0. The van der Waals surface area contributed by atoms with Crippen molar-refractivity contribution in [1.29, 1.82) is 0 Å². The molecule has 0 bridgehead atoms. The van der Waals surface area contributed by atoms with Gasteiger partial charge in [0, 0.05) is 21.0 Å². The summed E-state index contributed by atoms with van der Waals surface area (Å²) in [7, 11) is 0. The topological polar surface area (TPSA) is 43.1 Å². The molecular weight excluding hydrogens is 388 g/mol. The lowest BCUT2D eigenvalue weighted by atomic mass is 10.1. The second-order valence-electron chi connectivity index (χ2n) is 6.00. The Morgan fingerprint density at radius 2 is 1.42 bits per heavy atom. The Balaban J connectivity index is 1.81. The van der Waals surface area contributed by atoms with E-state index in [2.05, 4.69) is 45.2 Å². The molecule has 4 nitrogen and oxygen atoms in total. The molecule has 0 atom stereocenters. The summed E-state index contributed by atoms with van der Waals surface area (Å²) in [6.07, 6.45) is 0. The highest BCUT2D eigenvalue weighted by atomic mass is 79.9. The van der Waals surface area contributed by atoms with Crippen molar-refractivity contribution in [2.24, 2.45) is 0 Å². The molecule has 5 rings (SSSR count). The minimum Gasteiger partial charge on any atom is -0.210 e. The number of nitrogens with zero attached hydrogens (tertiary/aromatic N) is 4. The molecule has 0 aliphatic heterocycles. The van der Waals surface area contributed by atoms with Crippen LogP contribution in [-0.2, 0) is 0 Å². The van der Waals surface area contributed by atoms with Crippen molar-refractivity contribution in [2.75, 3.05) is 0 Å². The third-order valence-electron chi connectivity index (χ3n) is 4.34. The van der Waals surface area contributed by atoms with Gasteiger partial charge >= 0.3 is 0 Å². The molecule has 2 aromatic heterocycles. The van der Waals surface area contributed by atoms with Crippen LogP contribution in [0.4, 0.5) is 0 Å². The van der Waals surface area contributed by atoms with E-state index in [0.717, 1.165) is 32.2 Å². The first-order chi connectivity index (χ1) is 12.8. The molecule has 0 unspecified atom stereocenters. The van der Waals surface area contributed by atoms with Gasteiger partial charge in [0.2, 0.25) is 0 Å². The third-order valence-corrected chi connectivity index (χ3v) is 4.87. The Hall–Kier alpha value is -3.05. The zero-order chi connectivity index (χ0) is 17.5. The number of rotatable bonds is 2. The standard InChI is InChI=1S/C21H13BrN4/c22-16-12-10-15(11-13-16)20-24-21-23-19(14-6-2-1-3-7-14)17-8-4-5-9-18(17)26(21)25-20/h1-13H. The molecule has 2 heterocycles. The van der Waals surface area contributed by atoms with Crippen molar-refractivity contribution < 1.29 is 0 Å². The van der Waals surface area contributed by atoms with E-state index in [9.17, 15) is 0 Å². The molecule has 0 fully saturated rings. The number of hydrogen-bond donors (Lipinski definition) is 0. The van der Waals surface area contributed by atoms with Gasteiger partial charge in [-0.3, -0.25) is 0 Å². The molecular formula is C21H13BrN4. The first-order valence-electron chi connectivity index (χ1n) is 8.26. The van der Waals surface area contributed by atoms with Gasteiger partial charge in [0.25, 0.3) is 5.78 Å². The molecule has 5 aromatic rings. The molecule has 26 heavy (non-hydrogen) atoms. The highest BCUT2D eigenvalue weighted by Crippen LogP contribution is 2.28. The number of hydrogen-bond acceptors (Lipinski definition) is 3. The molecule has 0 saturated heterocycles. The first-order valence-corrected chi connectivity index (χ1v) is 9.06. The van der Waals surface area contributed by atoms with Crippen LogP contribution in [0, 0.1) is 0 Å². The Morgan fingerprint density at radius 1 is 0.692 bits per heavy atom. The third kappa shape index (κ3) is 2.48. The summed E-state index contributed by atoms with van der Waals surface area (Å²) in [5, 5.41) is 5.76. The van der Waals surface area contributed by atoms with Crippen LogP contribution in [-0.4, -0.2) is 19.6 Å². The predicted octanol–water partition coefficient (Wildman–Crippen LogP) is 5.37. The normalized spacial score (nSPS) is 11.3. The average Bonchev–Trinajstić information content (AvgIpc) is 3.13. The number of fused-ring (bicyclic) bond motifs is 3. The lowest BCUT2D eigenvalue weighted by molar-refractivity contribution is 0.988. The zero-order valence-electron chi connectivity index (χ0n) is 13.7. The SMILES string of the molecule is Brc1ccc(-c2nc3nc(-c4ccccc4)c4ccccc4n3n2)cc1. The molecule has 0 N–H and O–H groups in total. The van der Waals surface area contributed by atoms with Crippen molar-refractivity contribution in [2.45, 2.75) is 0 Å². The monoisotopic (exact) mass is 400 g/mol. The highest BCUT2D eigenvalue weighted by Gasteiger charge is 2.14. The van der Waals surface area contributed by atoms with E-state index in [1.165, 1.54) is 0 Å². The maximum atomic E-state index is 4.82. The fraction of sp³-hybridized carbons (Fsp3) is 0. The lowest BCUT2D eigenvalue weighted by Crippen LogP contribution is -1.97. The van der Waals surface area contributed by atoms with Crippen molar-refractivity contribution in [3.05, 3.63) is 83.3 Å². The lowest BCUT2D eigenvalue weighted by Gasteiger charge is -2.07. The molecule has 5 heteroatoms. The second kappa shape index (κ2) is 6.04. The van der Waals surface area contributed by atoms with Crippen LogP contribution >= 0.6 is 15.9 Å². The summed E-state index contributed by atoms with van der Waals surface area (Å²) in [5.74, 6) is 1.26.